The first kappa shape index (κ1) is 18.5. The molecule has 0 bridgehead atoms. The molecule has 3 aromatic rings. The van der Waals surface area contributed by atoms with Gasteiger partial charge in [0.05, 0.1) is 5.56 Å². The van der Waals surface area contributed by atoms with Crippen molar-refractivity contribution < 1.29 is 13.9 Å². The quantitative estimate of drug-likeness (QED) is 0.600. The smallest absolute Gasteiger partial charge is 0.250 e. The Morgan fingerprint density at radius 2 is 1.85 bits per heavy atom. The number of amides is 1. The SMILES string of the molecule is NC(=O)c1ccc(Oc2ccc(CCNCc3ccccc3F)cc2)nc1. The van der Waals surface area contributed by atoms with E-state index in [1.807, 2.05) is 30.3 Å². The van der Waals surface area contributed by atoms with Crippen LogP contribution in [0.15, 0.2) is 66.9 Å². The number of nitrogens with two attached hydrogens (primary N) is 1. The molecule has 0 unspecified atom stereocenters. The van der Waals surface area contributed by atoms with Crippen molar-refractivity contribution in [2.24, 2.45) is 5.73 Å². The minimum absolute atomic E-state index is 0.191. The third kappa shape index (κ3) is 5.36. The van der Waals surface area contributed by atoms with Crippen LogP contribution >= 0.6 is 0 Å². The highest BCUT2D eigenvalue weighted by atomic mass is 19.1. The van der Waals surface area contributed by atoms with Crippen LogP contribution in [0.25, 0.3) is 0 Å². The molecule has 1 aromatic heterocycles. The van der Waals surface area contributed by atoms with Crippen LogP contribution in [0.5, 0.6) is 11.6 Å². The van der Waals surface area contributed by atoms with Gasteiger partial charge in [0.2, 0.25) is 11.8 Å². The summed E-state index contributed by atoms with van der Waals surface area (Å²) in [6, 6.07) is 17.6. The number of ether oxygens (including phenoxy) is 1. The van der Waals surface area contributed by atoms with Crippen LogP contribution in [0.2, 0.25) is 0 Å². The maximum Gasteiger partial charge on any atom is 0.250 e. The first-order chi connectivity index (χ1) is 13.1. The largest absolute Gasteiger partial charge is 0.439 e. The summed E-state index contributed by atoms with van der Waals surface area (Å²) >= 11 is 0. The third-order valence-corrected chi connectivity index (χ3v) is 4.03. The number of benzene rings is 2. The number of hydrogen-bond donors (Lipinski definition) is 2. The zero-order valence-corrected chi connectivity index (χ0v) is 14.7. The molecule has 0 atom stereocenters. The molecule has 6 heteroatoms. The molecule has 0 fully saturated rings. The van der Waals surface area contributed by atoms with Crippen molar-refractivity contribution in [3.63, 3.8) is 0 Å². The number of carbonyl (C=O) groups excluding carboxylic acids is 1. The van der Waals surface area contributed by atoms with Crippen molar-refractivity contribution in [3.8, 4) is 11.6 Å². The van der Waals surface area contributed by atoms with E-state index in [-0.39, 0.29) is 5.82 Å². The molecular weight excluding hydrogens is 345 g/mol. The number of primary amides is 1. The van der Waals surface area contributed by atoms with E-state index in [4.69, 9.17) is 10.5 Å². The van der Waals surface area contributed by atoms with Crippen LogP contribution in [0.3, 0.4) is 0 Å². The van der Waals surface area contributed by atoms with E-state index < -0.39 is 5.91 Å². The van der Waals surface area contributed by atoms with Gasteiger partial charge in [-0.1, -0.05) is 30.3 Å². The second kappa shape index (κ2) is 8.91. The van der Waals surface area contributed by atoms with E-state index in [0.717, 1.165) is 18.5 Å². The Labute approximate surface area is 157 Å². The average Bonchev–Trinajstić information content (AvgIpc) is 2.68. The Morgan fingerprint density at radius 3 is 2.52 bits per heavy atom. The fourth-order valence-electron chi connectivity index (χ4n) is 2.53. The molecule has 3 rings (SSSR count). The summed E-state index contributed by atoms with van der Waals surface area (Å²) in [6.07, 6.45) is 2.20. The third-order valence-electron chi connectivity index (χ3n) is 4.03. The van der Waals surface area contributed by atoms with E-state index >= 15 is 0 Å². The van der Waals surface area contributed by atoms with Gasteiger partial charge in [0, 0.05) is 24.4 Å². The summed E-state index contributed by atoms with van der Waals surface area (Å²) < 4.78 is 19.2. The van der Waals surface area contributed by atoms with Crippen molar-refractivity contribution >= 4 is 5.91 Å². The highest BCUT2D eigenvalue weighted by molar-refractivity contribution is 5.92. The number of nitrogens with zero attached hydrogens (tertiary/aromatic N) is 1. The molecule has 27 heavy (non-hydrogen) atoms. The summed E-state index contributed by atoms with van der Waals surface area (Å²) in [4.78, 5) is 15.1. The van der Waals surface area contributed by atoms with E-state index in [2.05, 4.69) is 10.3 Å². The first-order valence-corrected chi connectivity index (χ1v) is 8.58. The Kier molecular flexibility index (Phi) is 6.12. The minimum atomic E-state index is -0.526. The lowest BCUT2D eigenvalue weighted by molar-refractivity contribution is 0.1000. The molecule has 1 heterocycles. The number of hydrogen-bond acceptors (Lipinski definition) is 4. The van der Waals surface area contributed by atoms with Crippen molar-refractivity contribution in [1.82, 2.24) is 10.3 Å². The van der Waals surface area contributed by atoms with Gasteiger partial charge in [0.1, 0.15) is 11.6 Å². The number of nitrogens with one attached hydrogen (secondary N) is 1. The lowest BCUT2D eigenvalue weighted by Gasteiger charge is -2.08. The summed E-state index contributed by atoms with van der Waals surface area (Å²) in [5, 5.41) is 3.24. The molecule has 0 aliphatic carbocycles. The molecule has 2 aromatic carbocycles. The van der Waals surface area contributed by atoms with E-state index in [1.54, 1.807) is 24.3 Å². The van der Waals surface area contributed by atoms with Crippen molar-refractivity contribution in [3.05, 3.63) is 89.4 Å². The summed E-state index contributed by atoms with van der Waals surface area (Å²) in [7, 11) is 0. The van der Waals surface area contributed by atoms with Gasteiger partial charge in [-0.3, -0.25) is 4.79 Å². The number of carbonyl (C=O) groups is 1. The lowest BCUT2D eigenvalue weighted by Crippen LogP contribution is -2.17. The second-order valence-electron chi connectivity index (χ2n) is 6.01. The van der Waals surface area contributed by atoms with Gasteiger partial charge < -0.3 is 15.8 Å². The number of pyridine rings is 1. The molecule has 0 saturated heterocycles. The molecular formula is C21H20FN3O2. The topological polar surface area (TPSA) is 77.2 Å². The van der Waals surface area contributed by atoms with Crippen molar-refractivity contribution in [1.29, 1.82) is 0 Å². The monoisotopic (exact) mass is 365 g/mol. The zero-order valence-electron chi connectivity index (χ0n) is 14.7. The molecule has 0 saturated carbocycles. The number of halogens is 1. The van der Waals surface area contributed by atoms with Crippen LogP contribution in [-0.4, -0.2) is 17.4 Å². The molecule has 0 spiro atoms. The Bertz CT molecular complexity index is 896. The fourth-order valence-corrected chi connectivity index (χ4v) is 2.53. The van der Waals surface area contributed by atoms with Gasteiger partial charge in [-0.2, -0.15) is 0 Å². The van der Waals surface area contributed by atoms with E-state index in [9.17, 15) is 9.18 Å². The van der Waals surface area contributed by atoms with Crippen LogP contribution in [0, 0.1) is 5.82 Å². The van der Waals surface area contributed by atoms with Gasteiger partial charge >= 0.3 is 0 Å². The van der Waals surface area contributed by atoms with Gasteiger partial charge in [0.15, 0.2) is 0 Å². The number of aromatic nitrogens is 1. The number of rotatable bonds is 8. The average molecular weight is 365 g/mol. The van der Waals surface area contributed by atoms with Crippen LogP contribution in [-0.2, 0) is 13.0 Å². The highest BCUT2D eigenvalue weighted by Crippen LogP contribution is 2.20. The predicted molar refractivity (Wildman–Crippen MR) is 101 cm³/mol. The van der Waals surface area contributed by atoms with Crippen molar-refractivity contribution in [2.75, 3.05) is 6.54 Å². The molecule has 1 amide bonds. The summed E-state index contributed by atoms with van der Waals surface area (Å²) in [5.41, 5.74) is 7.32. The van der Waals surface area contributed by atoms with Gasteiger partial charge in [-0.05, 0) is 42.8 Å². The van der Waals surface area contributed by atoms with Gasteiger partial charge in [-0.15, -0.1) is 0 Å². The summed E-state index contributed by atoms with van der Waals surface area (Å²) in [5.74, 6) is 0.322. The molecule has 0 aliphatic heterocycles. The van der Waals surface area contributed by atoms with Crippen LogP contribution < -0.4 is 15.8 Å². The molecule has 0 radical (unpaired) electrons. The minimum Gasteiger partial charge on any atom is -0.439 e. The Morgan fingerprint density at radius 1 is 1.07 bits per heavy atom. The molecule has 5 nitrogen and oxygen atoms in total. The Hall–Kier alpha value is -3.25. The second-order valence-corrected chi connectivity index (χ2v) is 6.01. The predicted octanol–water partition coefficient (Wildman–Crippen LogP) is 3.44. The normalized spacial score (nSPS) is 10.6. The molecule has 3 N–H and O–H groups in total. The summed E-state index contributed by atoms with van der Waals surface area (Å²) in [6.45, 7) is 1.24. The van der Waals surface area contributed by atoms with E-state index in [1.165, 1.54) is 12.3 Å². The maximum atomic E-state index is 13.5. The zero-order chi connectivity index (χ0) is 19.1. The van der Waals surface area contributed by atoms with Gasteiger partial charge in [-0.25, -0.2) is 9.37 Å². The van der Waals surface area contributed by atoms with Crippen LogP contribution in [0.1, 0.15) is 21.5 Å². The van der Waals surface area contributed by atoms with Crippen molar-refractivity contribution in [2.45, 2.75) is 13.0 Å². The van der Waals surface area contributed by atoms with Gasteiger partial charge in [0.25, 0.3) is 0 Å². The lowest BCUT2D eigenvalue weighted by atomic mass is 10.1. The molecule has 0 aliphatic rings. The highest BCUT2D eigenvalue weighted by Gasteiger charge is 2.04. The maximum absolute atomic E-state index is 13.5. The van der Waals surface area contributed by atoms with E-state index in [0.29, 0.717) is 29.3 Å². The standard InChI is InChI=1S/C21H20FN3O2/c22-19-4-2-1-3-16(19)13-24-12-11-15-5-8-18(9-6-15)27-20-10-7-17(14-25-20)21(23)26/h1-10,14,24H,11-13H2,(H2,23,26). The first-order valence-electron chi connectivity index (χ1n) is 8.58. The Balaban J connectivity index is 1.47. The van der Waals surface area contributed by atoms with Crippen LogP contribution in [0.4, 0.5) is 4.39 Å². The fraction of sp³-hybridized carbons (Fsp3) is 0.143. The molecule has 138 valence electrons.